The summed E-state index contributed by atoms with van der Waals surface area (Å²) in [6.07, 6.45) is 2.17. The Labute approximate surface area is 127 Å². The first kappa shape index (κ1) is 14.2. The van der Waals surface area contributed by atoms with Gasteiger partial charge in [0.25, 0.3) is 0 Å². The normalized spacial score (nSPS) is 18.1. The van der Waals surface area contributed by atoms with Gasteiger partial charge in [0.1, 0.15) is 12.4 Å². The van der Waals surface area contributed by atoms with E-state index in [-0.39, 0.29) is 6.04 Å². The predicted molar refractivity (Wildman–Crippen MR) is 86.7 cm³/mol. The summed E-state index contributed by atoms with van der Waals surface area (Å²) >= 11 is 0. The number of hydrogen-bond acceptors (Lipinski definition) is 2. The number of para-hydroxylation sites is 1. The molecule has 0 radical (unpaired) electrons. The molecule has 0 amide bonds. The fourth-order valence-electron chi connectivity index (χ4n) is 2.98. The van der Waals surface area contributed by atoms with Crippen molar-refractivity contribution in [3.05, 3.63) is 65.2 Å². The summed E-state index contributed by atoms with van der Waals surface area (Å²) in [6.45, 7) is 5.15. The largest absolute Gasteiger partial charge is 0.491 e. The van der Waals surface area contributed by atoms with E-state index in [2.05, 4.69) is 55.6 Å². The van der Waals surface area contributed by atoms with Gasteiger partial charge in [0.15, 0.2) is 0 Å². The molecule has 0 saturated carbocycles. The maximum Gasteiger partial charge on any atom is 0.124 e. The Morgan fingerprint density at radius 2 is 1.86 bits per heavy atom. The van der Waals surface area contributed by atoms with Crippen molar-refractivity contribution in [3.63, 3.8) is 0 Å². The standard InChI is InChI=1S/C19H23NO/c1-3-14-9-11-15(12-10-14)17(4-2)20-18-13-21-19-8-6-5-7-16(18)19/h5-12,17-18,20H,3-4,13H2,1-2H3. The molecule has 3 rings (SSSR count). The van der Waals surface area contributed by atoms with Gasteiger partial charge in [-0.25, -0.2) is 0 Å². The van der Waals surface area contributed by atoms with Crippen molar-refractivity contribution >= 4 is 0 Å². The van der Waals surface area contributed by atoms with Gasteiger partial charge in [-0.1, -0.05) is 56.3 Å². The van der Waals surface area contributed by atoms with E-state index >= 15 is 0 Å². The molecule has 0 fully saturated rings. The molecule has 1 aliphatic heterocycles. The maximum atomic E-state index is 5.77. The van der Waals surface area contributed by atoms with Crippen molar-refractivity contribution in [1.29, 1.82) is 0 Å². The Hall–Kier alpha value is -1.80. The summed E-state index contributed by atoms with van der Waals surface area (Å²) < 4.78 is 5.77. The highest BCUT2D eigenvalue weighted by atomic mass is 16.5. The number of rotatable bonds is 5. The summed E-state index contributed by atoms with van der Waals surface area (Å²) in [5.41, 5.74) is 4.03. The van der Waals surface area contributed by atoms with Crippen LogP contribution < -0.4 is 10.1 Å². The SMILES string of the molecule is CCc1ccc(C(CC)NC2COc3ccccc32)cc1. The molecule has 2 nitrogen and oxygen atoms in total. The molecule has 2 aromatic rings. The van der Waals surface area contributed by atoms with Crippen LogP contribution in [0, 0.1) is 0 Å². The average Bonchev–Trinajstić information content (AvgIpc) is 2.96. The second kappa shape index (κ2) is 6.31. The number of benzene rings is 2. The molecule has 0 bridgehead atoms. The van der Waals surface area contributed by atoms with Crippen LogP contribution in [0.15, 0.2) is 48.5 Å². The van der Waals surface area contributed by atoms with E-state index in [1.807, 2.05) is 12.1 Å². The number of ether oxygens (including phenoxy) is 1. The van der Waals surface area contributed by atoms with Gasteiger partial charge < -0.3 is 10.1 Å². The third kappa shape index (κ3) is 2.96. The third-order valence-electron chi connectivity index (χ3n) is 4.30. The minimum atomic E-state index is 0.289. The lowest BCUT2D eigenvalue weighted by Crippen LogP contribution is -2.27. The van der Waals surface area contributed by atoms with E-state index in [0.29, 0.717) is 6.04 Å². The second-order valence-electron chi connectivity index (χ2n) is 5.62. The highest BCUT2D eigenvalue weighted by Gasteiger charge is 2.25. The van der Waals surface area contributed by atoms with Gasteiger partial charge in [-0.2, -0.15) is 0 Å². The Balaban J connectivity index is 1.76. The second-order valence-corrected chi connectivity index (χ2v) is 5.62. The lowest BCUT2D eigenvalue weighted by Gasteiger charge is -2.22. The van der Waals surface area contributed by atoms with Gasteiger partial charge in [-0.15, -0.1) is 0 Å². The highest BCUT2D eigenvalue weighted by molar-refractivity contribution is 5.39. The highest BCUT2D eigenvalue weighted by Crippen LogP contribution is 2.34. The number of hydrogen-bond donors (Lipinski definition) is 1. The molecule has 2 unspecified atom stereocenters. The molecule has 1 heterocycles. The van der Waals surface area contributed by atoms with Gasteiger partial charge in [-0.05, 0) is 30.0 Å². The van der Waals surface area contributed by atoms with Gasteiger partial charge in [0, 0.05) is 11.6 Å². The summed E-state index contributed by atoms with van der Waals surface area (Å²) in [4.78, 5) is 0. The van der Waals surface area contributed by atoms with E-state index in [1.54, 1.807) is 0 Å². The van der Waals surface area contributed by atoms with E-state index in [9.17, 15) is 0 Å². The Bertz CT molecular complexity index is 591. The molecule has 0 aromatic heterocycles. The molecule has 2 aromatic carbocycles. The van der Waals surface area contributed by atoms with Crippen molar-refractivity contribution in [3.8, 4) is 5.75 Å². The zero-order chi connectivity index (χ0) is 14.7. The lowest BCUT2D eigenvalue weighted by molar-refractivity contribution is 0.296. The van der Waals surface area contributed by atoms with Crippen molar-refractivity contribution in [2.45, 2.75) is 38.8 Å². The summed E-state index contributed by atoms with van der Waals surface area (Å²) in [6, 6.07) is 18.0. The molecule has 1 N–H and O–H groups in total. The Kier molecular flexibility index (Phi) is 4.26. The molecule has 1 aliphatic rings. The smallest absolute Gasteiger partial charge is 0.124 e. The summed E-state index contributed by atoms with van der Waals surface area (Å²) in [7, 11) is 0. The monoisotopic (exact) mass is 281 g/mol. The number of fused-ring (bicyclic) bond motifs is 1. The van der Waals surface area contributed by atoms with Crippen LogP contribution in [0.5, 0.6) is 5.75 Å². The van der Waals surface area contributed by atoms with Crippen LogP contribution in [0.4, 0.5) is 0 Å². The van der Waals surface area contributed by atoms with Crippen LogP contribution in [0.2, 0.25) is 0 Å². The first-order valence-corrected chi connectivity index (χ1v) is 7.88. The van der Waals surface area contributed by atoms with E-state index in [1.165, 1.54) is 16.7 Å². The zero-order valence-corrected chi connectivity index (χ0v) is 12.8. The first-order valence-electron chi connectivity index (χ1n) is 7.88. The van der Waals surface area contributed by atoms with Gasteiger partial charge in [-0.3, -0.25) is 0 Å². The molecular weight excluding hydrogens is 258 g/mol. The molecular formula is C19H23NO. The van der Waals surface area contributed by atoms with Crippen LogP contribution in [-0.2, 0) is 6.42 Å². The molecule has 0 aliphatic carbocycles. The minimum absolute atomic E-state index is 0.289. The fraction of sp³-hybridized carbons (Fsp3) is 0.368. The van der Waals surface area contributed by atoms with Crippen molar-refractivity contribution in [2.75, 3.05) is 6.61 Å². The molecule has 21 heavy (non-hydrogen) atoms. The lowest BCUT2D eigenvalue weighted by atomic mass is 9.99. The van der Waals surface area contributed by atoms with Gasteiger partial charge in [0.05, 0.1) is 6.04 Å². The molecule has 0 saturated heterocycles. The van der Waals surface area contributed by atoms with Crippen LogP contribution >= 0.6 is 0 Å². The van der Waals surface area contributed by atoms with Gasteiger partial charge in [0.2, 0.25) is 0 Å². The number of nitrogens with one attached hydrogen (secondary N) is 1. The number of aryl methyl sites for hydroxylation is 1. The predicted octanol–water partition coefficient (Wildman–Crippen LogP) is 4.42. The maximum absolute atomic E-state index is 5.77. The van der Waals surface area contributed by atoms with E-state index in [4.69, 9.17) is 4.74 Å². The summed E-state index contributed by atoms with van der Waals surface area (Å²) in [5.74, 6) is 1.02. The van der Waals surface area contributed by atoms with Crippen molar-refractivity contribution in [1.82, 2.24) is 5.32 Å². The Morgan fingerprint density at radius 3 is 2.57 bits per heavy atom. The zero-order valence-electron chi connectivity index (χ0n) is 12.8. The fourth-order valence-corrected chi connectivity index (χ4v) is 2.98. The molecule has 2 atom stereocenters. The molecule has 110 valence electrons. The van der Waals surface area contributed by atoms with Crippen molar-refractivity contribution < 1.29 is 4.74 Å². The van der Waals surface area contributed by atoms with Crippen LogP contribution in [0.1, 0.15) is 49.0 Å². The molecule has 2 heteroatoms. The van der Waals surface area contributed by atoms with Gasteiger partial charge >= 0.3 is 0 Å². The van der Waals surface area contributed by atoms with Crippen LogP contribution in [0.25, 0.3) is 0 Å². The minimum Gasteiger partial charge on any atom is -0.491 e. The van der Waals surface area contributed by atoms with Crippen molar-refractivity contribution in [2.24, 2.45) is 0 Å². The molecule has 0 spiro atoms. The third-order valence-corrected chi connectivity index (χ3v) is 4.30. The topological polar surface area (TPSA) is 21.3 Å². The quantitative estimate of drug-likeness (QED) is 0.875. The first-order chi connectivity index (χ1) is 10.3. The van der Waals surface area contributed by atoms with E-state index < -0.39 is 0 Å². The Morgan fingerprint density at radius 1 is 1.10 bits per heavy atom. The van der Waals surface area contributed by atoms with Crippen LogP contribution in [0.3, 0.4) is 0 Å². The summed E-state index contributed by atoms with van der Waals surface area (Å²) in [5, 5.41) is 3.75. The van der Waals surface area contributed by atoms with E-state index in [0.717, 1.165) is 25.2 Å². The average molecular weight is 281 g/mol. The van der Waals surface area contributed by atoms with Crippen LogP contribution in [-0.4, -0.2) is 6.61 Å².